The highest BCUT2D eigenvalue weighted by Crippen LogP contribution is 2.36. The summed E-state index contributed by atoms with van der Waals surface area (Å²) in [5.41, 5.74) is 6.26. The minimum Gasteiger partial charge on any atom is -0.375 e. The lowest BCUT2D eigenvalue weighted by Gasteiger charge is -2.50. The molecule has 4 nitrogen and oxygen atoms in total. The highest BCUT2D eigenvalue weighted by molar-refractivity contribution is 4.99. The summed E-state index contributed by atoms with van der Waals surface area (Å²) in [5.74, 6) is 0. The summed E-state index contributed by atoms with van der Waals surface area (Å²) in [6.45, 7) is 11.8. The molecule has 2 saturated heterocycles. The summed E-state index contributed by atoms with van der Waals surface area (Å²) in [5, 5.41) is 0. The molecule has 2 atom stereocenters. The maximum Gasteiger partial charge on any atom is 0.0644 e. The highest BCUT2D eigenvalue weighted by Gasteiger charge is 2.43. The maximum atomic E-state index is 6.19. The van der Waals surface area contributed by atoms with Gasteiger partial charge in [0.1, 0.15) is 0 Å². The molecule has 0 bridgehead atoms. The van der Waals surface area contributed by atoms with Crippen LogP contribution in [0.15, 0.2) is 0 Å². The van der Waals surface area contributed by atoms with Gasteiger partial charge in [-0.1, -0.05) is 6.92 Å². The van der Waals surface area contributed by atoms with E-state index < -0.39 is 0 Å². The van der Waals surface area contributed by atoms with Crippen molar-refractivity contribution in [3.05, 3.63) is 0 Å². The lowest BCUT2D eigenvalue weighted by Crippen LogP contribution is -2.61. The molecule has 118 valence electrons. The van der Waals surface area contributed by atoms with E-state index in [9.17, 15) is 0 Å². The third-order valence-electron chi connectivity index (χ3n) is 5.39. The van der Waals surface area contributed by atoms with Crippen molar-refractivity contribution in [3.63, 3.8) is 0 Å². The minimum absolute atomic E-state index is 0.0496. The van der Waals surface area contributed by atoms with Crippen LogP contribution < -0.4 is 5.73 Å². The summed E-state index contributed by atoms with van der Waals surface area (Å²) in [6, 6.07) is 0.708. The molecule has 0 aromatic carbocycles. The Morgan fingerprint density at radius 1 is 1.40 bits per heavy atom. The molecule has 2 rings (SSSR count). The van der Waals surface area contributed by atoms with Gasteiger partial charge in [-0.2, -0.15) is 0 Å². The Bertz CT molecular complexity index is 321. The van der Waals surface area contributed by atoms with Crippen LogP contribution in [-0.2, 0) is 4.74 Å². The van der Waals surface area contributed by atoms with Gasteiger partial charge in [-0.15, -0.1) is 0 Å². The minimum atomic E-state index is -0.0496. The van der Waals surface area contributed by atoms with E-state index >= 15 is 0 Å². The van der Waals surface area contributed by atoms with Gasteiger partial charge in [-0.3, -0.25) is 9.80 Å². The molecule has 4 heteroatoms. The predicted octanol–water partition coefficient (Wildman–Crippen LogP) is 1.69. The van der Waals surface area contributed by atoms with Crippen LogP contribution in [0.2, 0.25) is 0 Å². The fraction of sp³-hybridized carbons (Fsp3) is 1.00. The number of likely N-dealkylation sites (tertiary alicyclic amines) is 1. The second-order valence-corrected chi connectivity index (χ2v) is 7.27. The zero-order valence-electron chi connectivity index (χ0n) is 13.8. The van der Waals surface area contributed by atoms with Crippen molar-refractivity contribution in [1.29, 1.82) is 0 Å². The van der Waals surface area contributed by atoms with Crippen molar-refractivity contribution in [1.82, 2.24) is 9.80 Å². The van der Waals surface area contributed by atoms with Crippen LogP contribution in [0.4, 0.5) is 0 Å². The lowest BCUT2D eigenvalue weighted by atomic mass is 9.80. The van der Waals surface area contributed by atoms with Crippen LogP contribution >= 0.6 is 0 Å². The Hall–Kier alpha value is -0.160. The molecule has 0 spiro atoms. The van der Waals surface area contributed by atoms with E-state index in [0.717, 1.165) is 32.5 Å². The summed E-state index contributed by atoms with van der Waals surface area (Å²) in [6.07, 6.45) is 4.77. The van der Waals surface area contributed by atoms with Gasteiger partial charge in [0.05, 0.1) is 5.60 Å². The molecule has 0 aromatic rings. The van der Waals surface area contributed by atoms with Crippen LogP contribution in [0.5, 0.6) is 0 Å². The van der Waals surface area contributed by atoms with E-state index in [1.165, 1.54) is 25.9 Å². The molecule has 20 heavy (non-hydrogen) atoms. The fourth-order valence-electron chi connectivity index (χ4n) is 4.13. The first-order valence-electron chi connectivity index (χ1n) is 8.22. The van der Waals surface area contributed by atoms with Gasteiger partial charge in [-0.25, -0.2) is 0 Å². The second kappa shape index (κ2) is 6.30. The molecule has 2 heterocycles. The zero-order valence-corrected chi connectivity index (χ0v) is 13.8. The molecule has 2 N–H and O–H groups in total. The van der Waals surface area contributed by atoms with Crippen LogP contribution in [0.1, 0.15) is 46.5 Å². The quantitative estimate of drug-likeness (QED) is 0.834. The summed E-state index contributed by atoms with van der Waals surface area (Å²) in [7, 11) is 2.26. The van der Waals surface area contributed by atoms with Crippen LogP contribution in [-0.4, -0.2) is 66.8 Å². The largest absolute Gasteiger partial charge is 0.375 e. The molecular formula is C16H33N3O. The van der Waals surface area contributed by atoms with Gasteiger partial charge < -0.3 is 10.5 Å². The molecular weight excluding hydrogens is 250 g/mol. The molecule has 2 aliphatic heterocycles. The molecule has 2 fully saturated rings. The number of likely N-dealkylation sites (N-methyl/N-ethyl adjacent to an activating group) is 2. The number of hydrogen-bond acceptors (Lipinski definition) is 4. The molecule has 0 amide bonds. The predicted molar refractivity (Wildman–Crippen MR) is 83.9 cm³/mol. The number of rotatable bonds is 5. The Kier molecular flexibility index (Phi) is 5.11. The third-order valence-corrected chi connectivity index (χ3v) is 5.39. The first-order valence-corrected chi connectivity index (χ1v) is 8.22. The van der Waals surface area contributed by atoms with Crippen molar-refractivity contribution in [3.8, 4) is 0 Å². The van der Waals surface area contributed by atoms with E-state index in [4.69, 9.17) is 10.5 Å². The van der Waals surface area contributed by atoms with Crippen molar-refractivity contribution < 1.29 is 4.74 Å². The van der Waals surface area contributed by atoms with Crippen molar-refractivity contribution in [2.75, 3.05) is 39.8 Å². The maximum absolute atomic E-state index is 6.19. The van der Waals surface area contributed by atoms with Crippen molar-refractivity contribution in [2.45, 2.75) is 63.6 Å². The van der Waals surface area contributed by atoms with E-state index in [2.05, 4.69) is 37.6 Å². The Balaban J connectivity index is 2.03. The normalized spacial score (nSPS) is 34.8. The van der Waals surface area contributed by atoms with E-state index in [1.54, 1.807) is 0 Å². The SMILES string of the molecule is CCN1CCCC1CN(C)C1(CN)CCOC(C)(C)C1. The number of nitrogens with zero attached hydrogens (tertiary/aromatic N) is 2. The second-order valence-electron chi connectivity index (χ2n) is 7.27. The summed E-state index contributed by atoms with van der Waals surface area (Å²) < 4.78 is 5.89. The molecule has 0 radical (unpaired) electrons. The van der Waals surface area contributed by atoms with E-state index in [1.807, 2.05) is 0 Å². The van der Waals surface area contributed by atoms with Crippen LogP contribution in [0, 0.1) is 0 Å². The van der Waals surface area contributed by atoms with E-state index in [-0.39, 0.29) is 11.1 Å². The first-order chi connectivity index (χ1) is 9.42. The Morgan fingerprint density at radius 2 is 2.15 bits per heavy atom. The van der Waals surface area contributed by atoms with Gasteiger partial charge in [0.25, 0.3) is 0 Å². The topological polar surface area (TPSA) is 41.7 Å². The molecule has 0 saturated carbocycles. The average molecular weight is 283 g/mol. The number of hydrogen-bond donors (Lipinski definition) is 1. The Morgan fingerprint density at radius 3 is 2.75 bits per heavy atom. The smallest absolute Gasteiger partial charge is 0.0644 e. The molecule has 0 aromatic heterocycles. The van der Waals surface area contributed by atoms with Gasteiger partial charge in [0.15, 0.2) is 0 Å². The fourth-order valence-corrected chi connectivity index (χ4v) is 4.13. The van der Waals surface area contributed by atoms with Gasteiger partial charge >= 0.3 is 0 Å². The Labute approximate surface area is 124 Å². The lowest BCUT2D eigenvalue weighted by molar-refractivity contribution is -0.115. The molecule has 0 aliphatic carbocycles. The van der Waals surface area contributed by atoms with Crippen LogP contribution in [0.3, 0.4) is 0 Å². The monoisotopic (exact) mass is 283 g/mol. The molecule has 2 aliphatic rings. The summed E-state index contributed by atoms with van der Waals surface area (Å²) in [4.78, 5) is 5.15. The van der Waals surface area contributed by atoms with Gasteiger partial charge in [-0.05, 0) is 59.7 Å². The number of nitrogens with two attached hydrogens (primary N) is 1. The molecule has 2 unspecified atom stereocenters. The van der Waals surface area contributed by atoms with E-state index in [0.29, 0.717) is 6.04 Å². The van der Waals surface area contributed by atoms with Crippen LogP contribution in [0.25, 0.3) is 0 Å². The van der Waals surface area contributed by atoms with Gasteiger partial charge in [0, 0.05) is 31.3 Å². The standard InChI is InChI=1S/C16H33N3O/c1-5-19-9-6-7-14(19)11-18(4)16(13-17)8-10-20-15(2,3)12-16/h14H,5-13,17H2,1-4H3. The zero-order chi connectivity index (χ0) is 14.8. The summed E-state index contributed by atoms with van der Waals surface area (Å²) >= 11 is 0. The van der Waals surface area contributed by atoms with Gasteiger partial charge in [0.2, 0.25) is 0 Å². The third kappa shape index (κ3) is 3.35. The number of ether oxygens (including phenoxy) is 1. The van der Waals surface area contributed by atoms with Crippen molar-refractivity contribution in [2.24, 2.45) is 5.73 Å². The average Bonchev–Trinajstić information content (AvgIpc) is 2.84. The first kappa shape index (κ1) is 16.2. The van der Waals surface area contributed by atoms with Crippen molar-refractivity contribution >= 4 is 0 Å². The highest BCUT2D eigenvalue weighted by atomic mass is 16.5.